The standard InChI is InChI=1S/C18H15F2N5O2/c19-13-3-4-16(14(20)10-13)23-18(27)22-8-9-25-17(26)6-5-15(24-25)12-2-1-7-21-11-12/h1-7,10-11H,8-9H2,(H2,22,23,27). The molecular formula is C18H15F2N5O2. The van der Waals surface area contributed by atoms with Crippen LogP contribution in [-0.4, -0.2) is 27.3 Å². The van der Waals surface area contributed by atoms with Crippen LogP contribution in [0.4, 0.5) is 19.3 Å². The van der Waals surface area contributed by atoms with Gasteiger partial charge in [-0.15, -0.1) is 0 Å². The number of pyridine rings is 1. The highest BCUT2D eigenvalue weighted by Gasteiger charge is 2.08. The Morgan fingerprint density at radius 2 is 2.00 bits per heavy atom. The summed E-state index contributed by atoms with van der Waals surface area (Å²) in [6, 6.07) is 8.68. The van der Waals surface area contributed by atoms with Gasteiger partial charge in [-0.1, -0.05) is 0 Å². The Morgan fingerprint density at radius 1 is 1.15 bits per heavy atom. The minimum Gasteiger partial charge on any atom is -0.336 e. The Labute approximate surface area is 152 Å². The number of aromatic nitrogens is 3. The number of rotatable bonds is 5. The van der Waals surface area contributed by atoms with Crippen LogP contribution in [0.25, 0.3) is 11.3 Å². The summed E-state index contributed by atoms with van der Waals surface area (Å²) in [7, 11) is 0. The molecule has 1 aromatic carbocycles. The number of nitrogens with one attached hydrogen (secondary N) is 2. The highest BCUT2D eigenvalue weighted by Crippen LogP contribution is 2.14. The largest absolute Gasteiger partial charge is 0.336 e. The van der Waals surface area contributed by atoms with Crippen molar-refractivity contribution in [2.75, 3.05) is 11.9 Å². The second-order valence-corrected chi connectivity index (χ2v) is 5.53. The number of amides is 2. The number of carbonyl (C=O) groups is 1. The molecular weight excluding hydrogens is 356 g/mol. The Hall–Kier alpha value is -3.62. The molecule has 0 atom stereocenters. The quantitative estimate of drug-likeness (QED) is 0.721. The van der Waals surface area contributed by atoms with E-state index in [4.69, 9.17) is 0 Å². The lowest BCUT2D eigenvalue weighted by atomic mass is 10.2. The van der Waals surface area contributed by atoms with Gasteiger partial charge in [-0.05, 0) is 30.3 Å². The van der Waals surface area contributed by atoms with Gasteiger partial charge in [-0.2, -0.15) is 5.10 Å². The van der Waals surface area contributed by atoms with Crippen molar-refractivity contribution in [3.8, 4) is 11.3 Å². The van der Waals surface area contributed by atoms with E-state index < -0.39 is 17.7 Å². The van der Waals surface area contributed by atoms with Crippen LogP contribution >= 0.6 is 0 Å². The van der Waals surface area contributed by atoms with E-state index in [9.17, 15) is 18.4 Å². The zero-order valence-corrected chi connectivity index (χ0v) is 14.0. The molecule has 0 bridgehead atoms. The average Bonchev–Trinajstić information content (AvgIpc) is 2.66. The highest BCUT2D eigenvalue weighted by molar-refractivity contribution is 5.89. The number of nitrogens with zero attached hydrogens (tertiary/aromatic N) is 3. The zero-order valence-electron chi connectivity index (χ0n) is 14.0. The van der Waals surface area contributed by atoms with E-state index in [1.807, 2.05) is 6.07 Å². The molecule has 2 aromatic heterocycles. The van der Waals surface area contributed by atoms with Crippen LogP contribution in [0.2, 0.25) is 0 Å². The first-order valence-electron chi connectivity index (χ1n) is 8.01. The minimum atomic E-state index is -0.882. The van der Waals surface area contributed by atoms with E-state index >= 15 is 0 Å². The maximum Gasteiger partial charge on any atom is 0.319 e. The van der Waals surface area contributed by atoms with Gasteiger partial charge in [-0.3, -0.25) is 9.78 Å². The van der Waals surface area contributed by atoms with Gasteiger partial charge in [0.1, 0.15) is 11.6 Å². The fourth-order valence-corrected chi connectivity index (χ4v) is 2.31. The number of hydrogen-bond donors (Lipinski definition) is 2. The van der Waals surface area contributed by atoms with E-state index in [1.54, 1.807) is 24.5 Å². The molecule has 0 spiro atoms. The first kappa shape index (κ1) is 18.2. The molecule has 2 amide bonds. The summed E-state index contributed by atoms with van der Waals surface area (Å²) in [5.41, 5.74) is 0.849. The lowest BCUT2D eigenvalue weighted by Gasteiger charge is -2.10. The Kier molecular flexibility index (Phi) is 5.50. The van der Waals surface area contributed by atoms with Crippen LogP contribution in [0.5, 0.6) is 0 Å². The van der Waals surface area contributed by atoms with E-state index in [2.05, 4.69) is 20.7 Å². The number of urea groups is 1. The van der Waals surface area contributed by atoms with Crippen molar-refractivity contribution in [2.24, 2.45) is 0 Å². The fraction of sp³-hybridized carbons (Fsp3) is 0.111. The fourth-order valence-electron chi connectivity index (χ4n) is 2.31. The first-order chi connectivity index (χ1) is 13.0. The van der Waals surface area contributed by atoms with Crippen LogP contribution in [0.3, 0.4) is 0 Å². The van der Waals surface area contributed by atoms with E-state index in [0.717, 1.165) is 17.7 Å². The van der Waals surface area contributed by atoms with Crippen molar-refractivity contribution in [1.82, 2.24) is 20.1 Å². The molecule has 9 heteroatoms. The molecule has 3 rings (SSSR count). The summed E-state index contributed by atoms with van der Waals surface area (Å²) in [6.45, 7) is 0.199. The Balaban J connectivity index is 1.60. The predicted molar refractivity (Wildman–Crippen MR) is 95.1 cm³/mol. The average molecular weight is 371 g/mol. The molecule has 2 heterocycles. The number of benzene rings is 1. The third-order valence-electron chi connectivity index (χ3n) is 3.61. The minimum absolute atomic E-state index is 0.0814. The molecule has 0 saturated carbocycles. The SMILES string of the molecule is O=C(NCCn1nc(-c2cccnc2)ccc1=O)Nc1ccc(F)cc1F. The van der Waals surface area contributed by atoms with E-state index in [-0.39, 0.29) is 24.3 Å². The van der Waals surface area contributed by atoms with Crippen LogP contribution in [0, 0.1) is 11.6 Å². The molecule has 0 aliphatic rings. The second kappa shape index (κ2) is 8.17. The molecule has 27 heavy (non-hydrogen) atoms. The molecule has 0 unspecified atom stereocenters. The van der Waals surface area contributed by atoms with Crippen molar-refractivity contribution >= 4 is 11.7 Å². The monoisotopic (exact) mass is 371 g/mol. The molecule has 0 fully saturated rings. The van der Waals surface area contributed by atoms with Gasteiger partial charge in [0, 0.05) is 36.6 Å². The summed E-state index contributed by atoms with van der Waals surface area (Å²) in [6.07, 6.45) is 3.26. The molecule has 7 nitrogen and oxygen atoms in total. The Bertz CT molecular complexity index is 1010. The predicted octanol–water partition coefficient (Wildman–Crippen LogP) is 2.41. The summed E-state index contributed by atoms with van der Waals surface area (Å²) >= 11 is 0. The van der Waals surface area contributed by atoms with Gasteiger partial charge >= 0.3 is 6.03 Å². The molecule has 2 N–H and O–H groups in total. The van der Waals surface area contributed by atoms with Gasteiger partial charge in [0.2, 0.25) is 0 Å². The molecule has 138 valence electrons. The van der Waals surface area contributed by atoms with Crippen molar-refractivity contribution in [3.63, 3.8) is 0 Å². The van der Waals surface area contributed by atoms with Gasteiger partial charge in [0.05, 0.1) is 17.9 Å². The maximum atomic E-state index is 13.5. The van der Waals surface area contributed by atoms with Gasteiger partial charge in [0.15, 0.2) is 0 Å². The van der Waals surface area contributed by atoms with Crippen molar-refractivity contribution in [1.29, 1.82) is 0 Å². The zero-order chi connectivity index (χ0) is 19.2. The van der Waals surface area contributed by atoms with Crippen molar-refractivity contribution in [2.45, 2.75) is 6.54 Å². The highest BCUT2D eigenvalue weighted by atomic mass is 19.1. The third kappa shape index (κ3) is 4.72. The van der Waals surface area contributed by atoms with Crippen molar-refractivity contribution < 1.29 is 13.6 Å². The van der Waals surface area contributed by atoms with Crippen LogP contribution in [0.1, 0.15) is 0 Å². The number of hydrogen-bond acceptors (Lipinski definition) is 4. The number of carbonyl (C=O) groups excluding carboxylic acids is 1. The van der Waals surface area contributed by atoms with Gasteiger partial charge in [0.25, 0.3) is 5.56 Å². The molecule has 0 saturated heterocycles. The lowest BCUT2D eigenvalue weighted by Crippen LogP contribution is -2.34. The van der Waals surface area contributed by atoms with Crippen LogP contribution in [0.15, 0.2) is 59.7 Å². The Morgan fingerprint density at radius 3 is 2.74 bits per heavy atom. The first-order valence-corrected chi connectivity index (χ1v) is 8.01. The summed E-state index contributed by atoms with van der Waals surface area (Å²) in [4.78, 5) is 27.7. The maximum absolute atomic E-state index is 13.5. The number of halogens is 2. The summed E-state index contributed by atoms with van der Waals surface area (Å²) in [5.74, 6) is -1.62. The molecule has 3 aromatic rings. The van der Waals surface area contributed by atoms with E-state index in [1.165, 1.54) is 10.7 Å². The number of anilines is 1. The van der Waals surface area contributed by atoms with Crippen molar-refractivity contribution in [3.05, 3.63) is 76.8 Å². The van der Waals surface area contributed by atoms with Gasteiger partial charge in [-0.25, -0.2) is 18.3 Å². The van der Waals surface area contributed by atoms with Gasteiger partial charge < -0.3 is 10.6 Å². The van der Waals surface area contributed by atoms with E-state index in [0.29, 0.717) is 11.8 Å². The second-order valence-electron chi connectivity index (χ2n) is 5.53. The normalized spacial score (nSPS) is 10.4. The van der Waals surface area contributed by atoms with Crippen LogP contribution < -0.4 is 16.2 Å². The summed E-state index contributed by atoms with van der Waals surface area (Å²) in [5, 5.41) is 8.99. The topological polar surface area (TPSA) is 88.9 Å². The lowest BCUT2D eigenvalue weighted by molar-refractivity contribution is 0.251. The third-order valence-corrected chi connectivity index (χ3v) is 3.61. The molecule has 0 aliphatic carbocycles. The smallest absolute Gasteiger partial charge is 0.319 e. The molecule has 0 radical (unpaired) electrons. The van der Waals surface area contributed by atoms with Crippen LogP contribution in [-0.2, 0) is 6.54 Å². The molecule has 0 aliphatic heterocycles. The summed E-state index contributed by atoms with van der Waals surface area (Å²) < 4.78 is 27.6.